The average Bonchev–Trinajstić information content (AvgIpc) is 3.33. The predicted molar refractivity (Wildman–Crippen MR) is 122 cm³/mol. The van der Waals surface area contributed by atoms with Crippen molar-refractivity contribution in [3.8, 4) is 0 Å². The fourth-order valence-electron chi connectivity index (χ4n) is 2.78. The number of aliphatic imine (C=N–C) groups is 1. The predicted octanol–water partition coefficient (Wildman–Crippen LogP) is 3.11. The number of rotatable bonds is 6. The van der Waals surface area contributed by atoms with E-state index in [1.165, 1.54) is 16.4 Å². The molecule has 1 fully saturated rings. The molecular weight excluding hydrogens is 479 g/mol. The summed E-state index contributed by atoms with van der Waals surface area (Å²) in [5.74, 6) is 1.98. The van der Waals surface area contributed by atoms with Crippen LogP contribution in [0.1, 0.15) is 24.5 Å². The third kappa shape index (κ3) is 5.78. The Morgan fingerprint density at radius 1 is 1.27 bits per heavy atom. The maximum absolute atomic E-state index is 4.82. The van der Waals surface area contributed by atoms with E-state index in [1.54, 1.807) is 11.3 Å². The SMILES string of the molecule is CCNC(=NCCc1cccs1)N1CCN(c2nc(CC)ns2)CC1.I. The lowest BCUT2D eigenvalue weighted by atomic mass is 10.3. The van der Waals surface area contributed by atoms with Crippen molar-refractivity contribution in [1.82, 2.24) is 19.6 Å². The number of nitrogens with zero attached hydrogens (tertiary/aromatic N) is 5. The first-order valence-electron chi connectivity index (χ1n) is 8.93. The minimum atomic E-state index is 0. The van der Waals surface area contributed by atoms with Crippen LogP contribution in [-0.4, -0.2) is 59.5 Å². The first-order chi connectivity index (χ1) is 12.3. The Morgan fingerprint density at radius 3 is 2.69 bits per heavy atom. The van der Waals surface area contributed by atoms with Crippen LogP contribution in [0.4, 0.5) is 5.13 Å². The zero-order valence-corrected chi connectivity index (χ0v) is 19.3. The molecule has 1 aliphatic rings. The molecular formula is C17H27IN6S2. The van der Waals surface area contributed by atoms with Gasteiger partial charge in [0, 0.05) is 68.5 Å². The molecule has 0 atom stereocenters. The number of hydrogen-bond donors (Lipinski definition) is 1. The molecule has 26 heavy (non-hydrogen) atoms. The van der Waals surface area contributed by atoms with E-state index in [4.69, 9.17) is 4.99 Å². The summed E-state index contributed by atoms with van der Waals surface area (Å²) in [5, 5.41) is 6.61. The number of aromatic nitrogens is 2. The topological polar surface area (TPSA) is 56.7 Å². The monoisotopic (exact) mass is 506 g/mol. The Labute approximate surface area is 180 Å². The van der Waals surface area contributed by atoms with Crippen LogP contribution in [0.3, 0.4) is 0 Å². The van der Waals surface area contributed by atoms with Crippen LogP contribution in [0, 0.1) is 0 Å². The maximum atomic E-state index is 4.82. The molecule has 3 rings (SSSR count). The summed E-state index contributed by atoms with van der Waals surface area (Å²) < 4.78 is 4.40. The Morgan fingerprint density at radius 2 is 2.08 bits per heavy atom. The molecule has 0 unspecified atom stereocenters. The van der Waals surface area contributed by atoms with E-state index in [1.807, 2.05) is 0 Å². The highest BCUT2D eigenvalue weighted by atomic mass is 127. The molecule has 1 N–H and O–H groups in total. The normalized spacial score (nSPS) is 15.1. The highest BCUT2D eigenvalue weighted by Crippen LogP contribution is 2.19. The number of halogens is 1. The van der Waals surface area contributed by atoms with Crippen LogP contribution >= 0.6 is 46.8 Å². The molecule has 0 aliphatic carbocycles. The molecule has 1 aliphatic heterocycles. The van der Waals surface area contributed by atoms with E-state index in [2.05, 4.69) is 55.8 Å². The molecule has 9 heteroatoms. The van der Waals surface area contributed by atoms with Crippen molar-refractivity contribution in [2.45, 2.75) is 26.7 Å². The smallest absolute Gasteiger partial charge is 0.205 e. The fraction of sp³-hybridized carbons (Fsp3) is 0.588. The molecule has 3 heterocycles. The third-order valence-corrected chi connectivity index (χ3v) is 5.91. The molecule has 0 bridgehead atoms. The molecule has 2 aromatic rings. The van der Waals surface area contributed by atoms with E-state index < -0.39 is 0 Å². The lowest BCUT2D eigenvalue weighted by molar-refractivity contribution is 0.372. The van der Waals surface area contributed by atoms with Crippen molar-refractivity contribution in [2.24, 2.45) is 4.99 Å². The lowest BCUT2D eigenvalue weighted by Gasteiger charge is -2.36. The molecule has 0 saturated carbocycles. The number of anilines is 1. The van der Waals surface area contributed by atoms with Crippen molar-refractivity contribution < 1.29 is 0 Å². The zero-order valence-electron chi connectivity index (χ0n) is 15.3. The van der Waals surface area contributed by atoms with Gasteiger partial charge in [-0.15, -0.1) is 35.3 Å². The van der Waals surface area contributed by atoms with Crippen LogP contribution in [0.5, 0.6) is 0 Å². The average molecular weight is 506 g/mol. The van der Waals surface area contributed by atoms with Gasteiger partial charge in [-0.3, -0.25) is 4.99 Å². The van der Waals surface area contributed by atoms with Gasteiger partial charge in [0.25, 0.3) is 0 Å². The molecule has 0 radical (unpaired) electrons. The minimum Gasteiger partial charge on any atom is -0.357 e. The van der Waals surface area contributed by atoms with Crippen LogP contribution in [0.15, 0.2) is 22.5 Å². The first-order valence-corrected chi connectivity index (χ1v) is 10.6. The fourth-order valence-corrected chi connectivity index (χ4v) is 4.28. The minimum absolute atomic E-state index is 0. The van der Waals surface area contributed by atoms with Crippen LogP contribution < -0.4 is 10.2 Å². The van der Waals surface area contributed by atoms with Gasteiger partial charge in [0.05, 0.1) is 0 Å². The zero-order chi connectivity index (χ0) is 17.5. The van der Waals surface area contributed by atoms with Crippen LogP contribution in [0.2, 0.25) is 0 Å². The second-order valence-corrected chi connectivity index (χ2v) is 7.65. The Hall–Kier alpha value is -0.940. The lowest BCUT2D eigenvalue weighted by Crippen LogP contribution is -2.52. The summed E-state index contributed by atoms with van der Waals surface area (Å²) in [5.41, 5.74) is 0. The summed E-state index contributed by atoms with van der Waals surface area (Å²) >= 11 is 3.32. The maximum Gasteiger partial charge on any atom is 0.205 e. The summed E-state index contributed by atoms with van der Waals surface area (Å²) in [6.45, 7) is 9.81. The highest BCUT2D eigenvalue weighted by Gasteiger charge is 2.21. The third-order valence-electron chi connectivity index (χ3n) is 4.16. The number of aryl methyl sites for hydroxylation is 1. The van der Waals surface area contributed by atoms with Crippen LogP contribution in [-0.2, 0) is 12.8 Å². The molecule has 144 valence electrons. The van der Waals surface area contributed by atoms with Gasteiger partial charge in [0.1, 0.15) is 5.82 Å². The van der Waals surface area contributed by atoms with Gasteiger partial charge in [-0.25, -0.2) is 4.98 Å². The number of piperazine rings is 1. The second kappa shape index (κ2) is 11.0. The Bertz CT molecular complexity index is 665. The summed E-state index contributed by atoms with van der Waals surface area (Å²) in [6, 6.07) is 4.28. The van der Waals surface area contributed by atoms with Crippen molar-refractivity contribution in [2.75, 3.05) is 44.2 Å². The standard InChI is InChI=1S/C17H26N6S2.HI/c1-3-15-20-17(25-21-15)23-11-9-22(10-12-23)16(18-4-2)19-8-7-14-6-5-13-24-14;/h5-6,13H,3-4,7-12H2,1-2H3,(H,18,19);1H. The molecule has 6 nitrogen and oxygen atoms in total. The van der Waals surface area contributed by atoms with Crippen molar-refractivity contribution in [1.29, 1.82) is 0 Å². The first kappa shape index (κ1) is 21.4. The van der Waals surface area contributed by atoms with Gasteiger partial charge >= 0.3 is 0 Å². The van der Waals surface area contributed by atoms with E-state index >= 15 is 0 Å². The van der Waals surface area contributed by atoms with Crippen molar-refractivity contribution in [3.05, 3.63) is 28.2 Å². The molecule has 0 amide bonds. The Balaban J connectivity index is 0.00000243. The molecule has 0 aromatic carbocycles. The summed E-state index contributed by atoms with van der Waals surface area (Å²) in [4.78, 5) is 15.5. The molecule has 2 aromatic heterocycles. The van der Waals surface area contributed by atoms with E-state index in [0.29, 0.717) is 0 Å². The largest absolute Gasteiger partial charge is 0.357 e. The molecule has 1 saturated heterocycles. The van der Waals surface area contributed by atoms with Gasteiger partial charge in [0.15, 0.2) is 5.96 Å². The van der Waals surface area contributed by atoms with E-state index in [0.717, 1.165) is 69.0 Å². The number of guanidine groups is 1. The number of thiophene rings is 1. The van der Waals surface area contributed by atoms with Gasteiger partial charge in [0.2, 0.25) is 5.13 Å². The van der Waals surface area contributed by atoms with Crippen LogP contribution in [0.25, 0.3) is 0 Å². The van der Waals surface area contributed by atoms with Crippen molar-refractivity contribution >= 4 is 57.9 Å². The van der Waals surface area contributed by atoms with E-state index in [9.17, 15) is 0 Å². The quantitative estimate of drug-likeness (QED) is 0.371. The van der Waals surface area contributed by atoms with Gasteiger partial charge in [-0.2, -0.15) is 4.37 Å². The highest BCUT2D eigenvalue weighted by molar-refractivity contribution is 14.0. The molecule has 0 spiro atoms. The van der Waals surface area contributed by atoms with Gasteiger partial charge in [-0.1, -0.05) is 13.0 Å². The van der Waals surface area contributed by atoms with Crippen molar-refractivity contribution in [3.63, 3.8) is 0 Å². The number of nitrogens with one attached hydrogen (secondary N) is 1. The van der Waals surface area contributed by atoms with Gasteiger partial charge < -0.3 is 15.1 Å². The Kier molecular flexibility index (Phi) is 9.06. The summed E-state index contributed by atoms with van der Waals surface area (Å²) in [6.07, 6.45) is 1.91. The number of hydrogen-bond acceptors (Lipinski definition) is 6. The van der Waals surface area contributed by atoms with E-state index in [-0.39, 0.29) is 24.0 Å². The second-order valence-electron chi connectivity index (χ2n) is 5.89. The summed E-state index contributed by atoms with van der Waals surface area (Å²) in [7, 11) is 0. The van der Waals surface area contributed by atoms with Gasteiger partial charge in [-0.05, 0) is 18.4 Å².